The highest BCUT2D eigenvalue weighted by Gasteiger charge is 2.15. The van der Waals surface area contributed by atoms with E-state index >= 15 is 0 Å². The summed E-state index contributed by atoms with van der Waals surface area (Å²) in [5.41, 5.74) is 6.27. The van der Waals surface area contributed by atoms with E-state index in [0.29, 0.717) is 11.6 Å². The molecule has 4 nitrogen and oxygen atoms in total. The molecule has 1 unspecified atom stereocenters. The average Bonchev–Trinajstić information content (AvgIpc) is 2.81. The smallest absolute Gasteiger partial charge is 0.238 e. The van der Waals surface area contributed by atoms with Gasteiger partial charge in [0.25, 0.3) is 0 Å². The lowest BCUT2D eigenvalue weighted by atomic mass is 10.1. The fourth-order valence-electron chi connectivity index (χ4n) is 1.71. The maximum absolute atomic E-state index is 5.70. The Labute approximate surface area is 100.0 Å². The lowest BCUT2D eigenvalue weighted by Gasteiger charge is -2.11. The summed E-state index contributed by atoms with van der Waals surface area (Å²) in [6.07, 6.45) is 1.30. The lowest BCUT2D eigenvalue weighted by Crippen LogP contribution is -2.14. The Morgan fingerprint density at radius 3 is 3.19 bits per heavy atom. The molecule has 88 valence electrons. The van der Waals surface area contributed by atoms with E-state index in [4.69, 9.17) is 10.5 Å². The van der Waals surface area contributed by atoms with Crippen molar-refractivity contribution < 1.29 is 4.74 Å². The number of hydrogen-bond acceptors (Lipinski definition) is 5. The Balaban J connectivity index is 1.93. The minimum absolute atomic E-state index is 0.491. The zero-order valence-electron chi connectivity index (χ0n) is 9.40. The molecule has 2 heterocycles. The fraction of sp³-hybridized carbons (Fsp3) is 0.545. The summed E-state index contributed by atoms with van der Waals surface area (Å²) in [5, 5.41) is 3.33. The number of ether oxygens (including phenoxy) is 1. The van der Waals surface area contributed by atoms with E-state index < -0.39 is 0 Å². The minimum Gasteiger partial charge on any atom is -0.479 e. The molecule has 0 aromatic carbocycles. The fourth-order valence-corrected chi connectivity index (χ4v) is 2.99. The number of nitrogens with two attached hydrogens (primary N) is 1. The van der Waals surface area contributed by atoms with Crippen LogP contribution in [0.1, 0.15) is 6.42 Å². The molecule has 1 aliphatic rings. The Bertz CT molecular complexity index is 353. The van der Waals surface area contributed by atoms with Crippen LogP contribution in [0.15, 0.2) is 12.1 Å². The Kier molecular flexibility index (Phi) is 3.77. The average molecular weight is 239 g/mol. The summed E-state index contributed by atoms with van der Waals surface area (Å²) < 4.78 is 5.08. The van der Waals surface area contributed by atoms with Gasteiger partial charge in [-0.25, -0.2) is 0 Å². The van der Waals surface area contributed by atoms with Gasteiger partial charge in [-0.05, 0) is 36.0 Å². The maximum atomic E-state index is 5.70. The van der Waals surface area contributed by atoms with Crippen LogP contribution in [0, 0.1) is 5.92 Å². The monoisotopic (exact) mass is 239 g/mol. The Hall–Kier alpha value is -1.10. The summed E-state index contributed by atoms with van der Waals surface area (Å²) in [7, 11) is 1.58. The number of nitrogens with one attached hydrogen (secondary N) is 1. The number of methoxy groups -OCH3 is 1. The first-order valence-electron chi connectivity index (χ1n) is 5.41. The van der Waals surface area contributed by atoms with Gasteiger partial charge in [-0.15, -0.1) is 0 Å². The van der Waals surface area contributed by atoms with E-state index in [1.54, 1.807) is 7.11 Å². The number of hydrogen-bond donors (Lipinski definition) is 2. The second kappa shape index (κ2) is 5.30. The van der Waals surface area contributed by atoms with Crippen LogP contribution in [0.2, 0.25) is 0 Å². The Morgan fingerprint density at radius 1 is 1.62 bits per heavy atom. The van der Waals surface area contributed by atoms with E-state index in [-0.39, 0.29) is 0 Å². The van der Waals surface area contributed by atoms with Gasteiger partial charge in [0.15, 0.2) is 0 Å². The zero-order chi connectivity index (χ0) is 11.4. The molecular weight excluding hydrogens is 222 g/mol. The predicted molar refractivity (Wildman–Crippen MR) is 69.1 cm³/mol. The number of anilines is 2. The first kappa shape index (κ1) is 11.4. The van der Waals surface area contributed by atoms with Crippen LogP contribution in [-0.2, 0) is 0 Å². The summed E-state index contributed by atoms with van der Waals surface area (Å²) in [5.74, 6) is 4.62. The van der Waals surface area contributed by atoms with Crippen LogP contribution in [0.4, 0.5) is 11.5 Å². The van der Waals surface area contributed by atoms with Gasteiger partial charge in [0.05, 0.1) is 12.8 Å². The van der Waals surface area contributed by atoms with Gasteiger partial charge in [0.1, 0.15) is 5.82 Å². The van der Waals surface area contributed by atoms with Crippen molar-refractivity contribution in [3.05, 3.63) is 12.1 Å². The van der Waals surface area contributed by atoms with Crippen molar-refractivity contribution in [1.82, 2.24) is 4.98 Å². The molecular formula is C11H17N3OS. The SMILES string of the molecule is COc1nc(NCC2CCSC2)ccc1N. The van der Waals surface area contributed by atoms with Gasteiger partial charge in [-0.1, -0.05) is 0 Å². The third-order valence-electron chi connectivity index (χ3n) is 2.68. The summed E-state index contributed by atoms with van der Waals surface area (Å²) >= 11 is 2.02. The van der Waals surface area contributed by atoms with Crippen molar-refractivity contribution >= 4 is 23.3 Å². The summed E-state index contributed by atoms with van der Waals surface area (Å²) in [6.45, 7) is 0.979. The number of pyridine rings is 1. The zero-order valence-corrected chi connectivity index (χ0v) is 10.2. The molecule has 3 N–H and O–H groups in total. The molecule has 0 spiro atoms. The van der Waals surface area contributed by atoms with Crippen molar-refractivity contribution in [2.45, 2.75) is 6.42 Å². The second-order valence-corrected chi connectivity index (χ2v) is 5.06. The van der Waals surface area contributed by atoms with Crippen LogP contribution in [0.5, 0.6) is 5.88 Å². The molecule has 0 amide bonds. The number of aromatic nitrogens is 1. The molecule has 1 aromatic rings. The van der Waals surface area contributed by atoms with Gasteiger partial charge < -0.3 is 15.8 Å². The van der Waals surface area contributed by atoms with Crippen LogP contribution in [0.25, 0.3) is 0 Å². The van der Waals surface area contributed by atoms with Gasteiger partial charge >= 0.3 is 0 Å². The summed E-state index contributed by atoms with van der Waals surface area (Å²) in [6, 6.07) is 3.71. The second-order valence-electron chi connectivity index (χ2n) is 3.91. The number of thioether (sulfide) groups is 1. The largest absolute Gasteiger partial charge is 0.479 e. The third kappa shape index (κ3) is 2.72. The van der Waals surface area contributed by atoms with Crippen molar-refractivity contribution in [2.24, 2.45) is 5.92 Å². The quantitative estimate of drug-likeness (QED) is 0.839. The molecule has 16 heavy (non-hydrogen) atoms. The molecule has 1 aromatic heterocycles. The van der Waals surface area contributed by atoms with E-state index in [2.05, 4.69) is 10.3 Å². The molecule has 0 radical (unpaired) electrons. The van der Waals surface area contributed by atoms with E-state index in [1.807, 2.05) is 23.9 Å². The van der Waals surface area contributed by atoms with Gasteiger partial charge in [0, 0.05) is 6.54 Å². The maximum Gasteiger partial charge on any atom is 0.238 e. The van der Waals surface area contributed by atoms with E-state index in [9.17, 15) is 0 Å². The van der Waals surface area contributed by atoms with Crippen LogP contribution in [-0.4, -0.2) is 30.1 Å². The first-order chi connectivity index (χ1) is 7.79. The predicted octanol–water partition coefficient (Wildman–Crippen LogP) is 1.84. The highest BCUT2D eigenvalue weighted by atomic mass is 32.2. The molecule has 0 aliphatic carbocycles. The highest BCUT2D eigenvalue weighted by molar-refractivity contribution is 7.99. The van der Waals surface area contributed by atoms with Crippen molar-refractivity contribution in [2.75, 3.05) is 36.2 Å². The molecule has 1 saturated heterocycles. The molecule has 0 saturated carbocycles. The molecule has 1 aliphatic heterocycles. The van der Waals surface area contributed by atoms with Gasteiger partial charge in [0.2, 0.25) is 5.88 Å². The van der Waals surface area contributed by atoms with Crippen LogP contribution < -0.4 is 15.8 Å². The standard InChI is InChI=1S/C11H17N3OS/c1-15-11-9(12)2-3-10(14-11)13-6-8-4-5-16-7-8/h2-3,8H,4-7,12H2,1H3,(H,13,14). The van der Waals surface area contributed by atoms with Crippen molar-refractivity contribution in [3.63, 3.8) is 0 Å². The normalized spacial score (nSPS) is 19.7. The third-order valence-corrected chi connectivity index (χ3v) is 3.91. The van der Waals surface area contributed by atoms with Crippen LogP contribution in [0.3, 0.4) is 0 Å². The number of nitrogens with zero attached hydrogens (tertiary/aromatic N) is 1. The first-order valence-corrected chi connectivity index (χ1v) is 6.57. The van der Waals surface area contributed by atoms with Crippen LogP contribution >= 0.6 is 11.8 Å². The highest BCUT2D eigenvalue weighted by Crippen LogP contribution is 2.24. The van der Waals surface area contributed by atoms with E-state index in [0.717, 1.165) is 18.3 Å². The van der Waals surface area contributed by atoms with E-state index in [1.165, 1.54) is 17.9 Å². The number of rotatable bonds is 4. The lowest BCUT2D eigenvalue weighted by molar-refractivity contribution is 0.401. The topological polar surface area (TPSA) is 60.2 Å². The van der Waals surface area contributed by atoms with Gasteiger partial charge in [-0.3, -0.25) is 0 Å². The number of nitrogen functional groups attached to an aromatic ring is 1. The van der Waals surface area contributed by atoms with Crippen molar-refractivity contribution in [1.29, 1.82) is 0 Å². The minimum atomic E-state index is 0.491. The molecule has 1 atom stereocenters. The molecule has 2 rings (SSSR count). The summed E-state index contributed by atoms with van der Waals surface area (Å²) in [4.78, 5) is 4.29. The molecule has 5 heteroatoms. The molecule has 0 bridgehead atoms. The van der Waals surface area contributed by atoms with Crippen molar-refractivity contribution in [3.8, 4) is 5.88 Å². The Morgan fingerprint density at radius 2 is 2.50 bits per heavy atom. The molecule has 1 fully saturated rings. The van der Waals surface area contributed by atoms with Gasteiger partial charge in [-0.2, -0.15) is 16.7 Å².